The number of para-hydroxylation sites is 2. The fraction of sp³-hybridized carbons (Fsp3) is 0.562. The average molecular weight is 290 g/mol. The van der Waals surface area contributed by atoms with Crippen LogP contribution in [0.4, 0.5) is 0 Å². The molecule has 0 spiro atoms. The van der Waals surface area contributed by atoms with Gasteiger partial charge in [0.2, 0.25) is 5.91 Å². The van der Waals surface area contributed by atoms with E-state index in [0.29, 0.717) is 19.1 Å². The molecule has 1 fully saturated rings. The summed E-state index contributed by atoms with van der Waals surface area (Å²) in [5.74, 6) is 2.17. The summed E-state index contributed by atoms with van der Waals surface area (Å²) < 4.78 is 11.5. The smallest absolute Gasteiger partial charge is 0.237 e. The first-order valence-electron chi connectivity index (χ1n) is 7.62. The summed E-state index contributed by atoms with van der Waals surface area (Å²) in [7, 11) is 0. The summed E-state index contributed by atoms with van der Waals surface area (Å²) >= 11 is 0. The third kappa shape index (κ3) is 3.47. The van der Waals surface area contributed by atoms with Gasteiger partial charge in [0.25, 0.3) is 0 Å². The first-order chi connectivity index (χ1) is 10.2. The highest BCUT2D eigenvalue weighted by Gasteiger charge is 2.26. The highest BCUT2D eigenvalue weighted by Crippen LogP contribution is 2.30. The second kappa shape index (κ2) is 6.35. The lowest BCUT2D eigenvalue weighted by molar-refractivity contribution is -0.124. The normalized spacial score (nSPS) is 28.0. The van der Waals surface area contributed by atoms with Crippen molar-refractivity contribution in [3.8, 4) is 11.5 Å². The molecule has 5 nitrogen and oxygen atoms in total. The van der Waals surface area contributed by atoms with Crippen molar-refractivity contribution in [1.29, 1.82) is 0 Å². The Labute approximate surface area is 125 Å². The second-order valence-corrected chi connectivity index (χ2v) is 5.88. The molecule has 0 radical (unpaired) electrons. The van der Waals surface area contributed by atoms with Crippen molar-refractivity contribution in [3.05, 3.63) is 24.3 Å². The number of amides is 1. The van der Waals surface area contributed by atoms with Crippen molar-refractivity contribution in [3.63, 3.8) is 0 Å². The number of rotatable bonds is 3. The van der Waals surface area contributed by atoms with E-state index in [9.17, 15) is 4.79 Å². The van der Waals surface area contributed by atoms with Crippen LogP contribution in [0.2, 0.25) is 0 Å². The molecule has 1 amide bonds. The number of ether oxygens (including phenoxy) is 2. The van der Waals surface area contributed by atoms with Gasteiger partial charge in [0.05, 0.1) is 12.6 Å². The lowest BCUT2D eigenvalue weighted by atomic mass is 9.94. The molecule has 3 unspecified atom stereocenters. The van der Waals surface area contributed by atoms with Crippen molar-refractivity contribution in [2.75, 3.05) is 19.7 Å². The maximum atomic E-state index is 12.2. The maximum absolute atomic E-state index is 12.2. The lowest BCUT2D eigenvalue weighted by Gasteiger charge is -2.29. The van der Waals surface area contributed by atoms with E-state index < -0.39 is 0 Å². The van der Waals surface area contributed by atoms with Crippen LogP contribution in [0, 0.1) is 5.92 Å². The van der Waals surface area contributed by atoms with Crippen LogP contribution < -0.4 is 20.1 Å². The molecule has 2 heterocycles. The number of nitrogens with one attached hydrogen (secondary N) is 2. The van der Waals surface area contributed by atoms with Crippen LogP contribution >= 0.6 is 0 Å². The minimum absolute atomic E-state index is 0.0593. The monoisotopic (exact) mass is 290 g/mol. The molecule has 0 aromatic heterocycles. The molecule has 2 aliphatic rings. The highest BCUT2D eigenvalue weighted by molar-refractivity contribution is 5.81. The minimum atomic E-state index is -0.134. The van der Waals surface area contributed by atoms with Gasteiger partial charge in [-0.05, 0) is 37.4 Å². The Kier molecular flexibility index (Phi) is 4.29. The first-order valence-corrected chi connectivity index (χ1v) is 7.62. The summed E-state index contributed by atoms with van der Waals surface area (Å²) in [6, 6.07) is 7.52. The van der Waals surface area contributed by atoms with Crippen molar-refractivity contribution >= 4 is 5.91 Å². The van der Waals surface area contributed by atoms with Gasteiger partial charge in [0.15, 0.2) is 11.5 Å². The lowest BCUT2D eigenvalue weighted by Crippen LogP contribution is -2.51. The summed E-state index contributed by atoms with van der Waals surface area (Å²) in [6.07, 6.45) is 1.90. The molecule has 1 aromatic rings. The van der Waals surface area contributed by atoms with Gasteiger partial charge in [-0.1, -0.05) is 19.1 Å². The zero-order chi connectivity index (χ0) is 14.7. The van der Waals surface area contributed by atoms with E-state index in [-0.39, 0.29) is 18.1 Å². The van der Waals surface area contributed by atoms with Gasteiger partial charge in [-0.3, -0.25) is 4.79 Å². The van der Waals surface area contributed by atoms with Gasteiger partial charge in [-0.25, -0.2) is 0 Å². The largest absolute Gasteiger partial charge is 0.486 e. The Morgan fingerprint density at radius 3 is 3.00 bits per heavy atom. The van der Waals surface area contributed by atoms with Gasteiger partial charge in [0.1, 0.15) is 12.7 Å². The fourth-order valence-corrected chi connectivity index (χ4v) is 2.81. The highest BCUT2D eigenvalue weighted by atomic mass is 16.6. The molecule has 2 aliphatic heterocycles. The summed E-state index contributed by atoms with van der Waals surface area (Å²) in [5.41, 5.74) is 0. The quantitative estimate of drug-likeness (QED) is 0.882. The van der Waals surface area contributed by atoms with Gasteiger partial charge in [-0.2, -0.15) is 0 Å². The van der Waals surface area contributed by atoms with Crippen LogP contribution in [-0.2, 0) is 4.79 Å². The van der Waals surface area contributed by atoms with E-state index in [0.717, 1.165) is 30.9 Å². The molecule has 0 bridgehead atoms. The molecule has 0 aliphatic carbocycles. The minimum Gasteiger partial charge on any atom is -0.486 e. The van der Waals surface area contributed by atoms with E-state index in [4.69, 9.17) is 9.47 Å². The first kappa shape index (κ1) is 14.2. The molecule has 2 N–H and O–H groups in total. The average Bonchev–Trinajstić information content (AvgIpc) is 2.52. The number of piperidine rings is 1. The zero-order valence-corrected chi connectivity index (χ0v) is 12.3. The van der Waals surface area contributed by atoms with Gasteiger partial charge >= 0.3 is 0 Å². The third-order valence-corrected chi connectivity index (χ3v) is 4.05. The van der Waals surface area contributed by atoms with Gasteiger partial charge < -0.3 is 20.1 Å². The summed E-state index contributed by atoms with van der Waals surface area (Å²) in [6.45, 7) is 4.04. The second-order valence-electron chi connectivity index (χ2n) is 5.88. The molecule has 3 atom stereocenters. The molecule has 3 rings (SSSR count). The Bertz CT molecular complexity index is 506. The molecule has 1 aromatic carbocycles. The maximum Gasteiger partial charge on any atom is 0.237 e. The standard InChI is InChI=1S/C16H22N2O3/c1-11-6-7-17-13(8-11)16(19)18-9-12-10-20-14-4-2-3-5-15(14)21-12/h2-5,11-13,17H,6-10H2,1H3,(H,18,19). The number of hydrogen-bond acceptors (Lipinski definition) is 4. The van der Waals surface area contributed by atoms with Crippen molar-refractivity contribution < 1.29 is 14.3 Å². The Balaban J connectivity index is 1.49. The molecule has 21 heavy (non-hydrogen) atoms. The molecule has 5 heteroatoms. The number of carbonyl (C=O) groups excluding carboxylic acids is 1. The van der Waals surface area contributed by atoms with Crippen molar-refractivity contribution in [2.24, 2.45) is 5.92 Å². The van der Waals surface area contributed by atoms with Crippen molar-refractivity contribution in [1.82, 2.24) is 10.6 Å². The Morgan fingerprint density at radius 2 is 2.19 bits per heavy atom. The molecule has 0 saturated carbocycles. The predicted octanol–water partition coefficient (Wildman–Crippen LogP) is 1.33. The Morgan fingerprint density at radius 1 is 1.38 bits per heavy atom. The van der Waals surface area contributed by atoms with E-state index in [1.807, 2.05) is 24.3 Å². The third-order valence-electron chi connectivity index (χ3n) is 4.05. The van der Waals surface area contributed by atoms with Crippen molar-refractivity contribution in [2.45, 2.75) is 31.9 Å². The van der Waals surface area contributed by atoms with Crippen LogP contribution in [0.15, 0.2) is 24.3 Å². The number of hydrogen-bond donors (Lipinski definition) is 2. The topological polar surface area (TPSA) is 59.6 Å². The number of carbonyl (C=O) groups is 1. The molecular formula is C16H22N2O3. The van der Waals surface area contributed by atoms with E-state index >= 15 is 0 Å². The SMILES string of the molecule is CC1CCNC(C(=O)NCC2COc3ccccc3O2)C1. The molecule has 114 valence electrons. The number of benzene rings is 1. The van der Waals surface area contributed by atoms with E-state index in [1.165, 1.54) is 0 Å². The van der Waals surface area contributed by atoms with Gasteiger partial charge in [-0.15, -0.1) is 0 Å². The molecule has 1 saturated heterocycles. The predicted molar refractivity (Wildman–Crippen MR) is 79.6 cm³/mol. The summed E-state index contributed by atoms with van der Waals surface area (Å²) in [4.78, 5) is 12.2. The van der Waals surface area contributed by atoms with E-state index in [2.05, 4.69) is 17.6 Å². The van der Waals surface area contributed by atoms with Crippen LogP contribution in [0.3, 0.4) is 0 Å². The van der Waals surface area contributed by atoms with Crippen LogP contribution in [0.1, 0.15) is 19.8 Å². The summed E-state index contributed by atoms with van der Waals surface area (Å²) in [5, 5.41) is 6.24. The Hall–Kier alpha value is -1.75. The van der Waals surface area contributed by atoms with Crippen LogP contribution in [-0.4, -0.2) is 37.7 Å². The van der Waals surface area contributed by atoms with Crippen LogP contribution in [0.25, 0.3) is 0 Å². The van der Waals surface area contributed by atoms with E-state index in [1.54, 1.807) is 0 Å². The zero-order valence-electron chi connectivity index (χ0n) is 12.3. The van der Waals surface area contributed by atoms with Crippen LogP contribution in [0.5, 0.6) is 11.5 Å². The molecular weight excluding hydrogens is 268 g/mol. The van der Waals surface area contributed by atoms with Gasteiger partial charge in [0, 0.05) is 0 Å². The number of fused-ring (bicyclic) bond motifs is 1. The fourth-order valence-electron chi connectivity index (χ4n) is 2.81.